The number of aryl methyl sites for hydroxylation is 1. The van der Waals surface area contributed by atoms with Gasteiger partial charge in [0.25, 0.3) is 11.8 Å². The second kappa shape index (κ2) is 14.9. The van der Waals surface area contributed by atoms with Crippen LogP contribution in [0.2, 0.25) is 5.02 Å². The molecule has 3 N–H and O–H groups in total. The Labute approximate surface area is 274 Å². The zero-order chi connectivity index (χ0) is 31.8. The van der Waals surface area contributed by atoms with Crippen LogP contribution in [0.25, 0.3) is 17.3 Å². The number of benzene rings is 4. The van der Waals surface area contributed by atoms with Gasteiger partial charge in [-0.1, -0.05) is 77.8 Å². The van der Waals surface area contributed by atoms with Crippen LogP contribution in [-0.2, 0) is 9.59 Å². The van der Waals surface area contributed by atoms with Gasteiger partial charge in [0.05, 0.1) is 10.9 Å². The molecule has 0 saturated carbocycles. The van der Waals surface area contributed by atoms with Crippen LogP contribution >= 0.6 is 34.7 Å². The van der Waals surface area contributed by atoms with Crippen molar-refractivity contribution >= 4 is 69.3 Å². The third kappa shape index (κ3) is 8.92. The zero-order valence-electron chi connectivity index (χ0n) is 24.4. The third-order valence-corrected chi connectivity index (χ3v) is 8.63. The van der Waals surface area contributed by atoms with E-state index >= 15 is 0 Å². The van der Waals surface area contributed by atoms with Crippen molar-refractivity contribution in [2.75, 3.05) is 10.6 Å². The van der Waals surface area contributed by atoms with Crippen LogP contribution in [-0.4, -0.2) is 28.0 Å². The van der Waals surface area contributed by atoms with Gasteiger partial charge in [-0.25, -0.2) is 4.98 Å². The smallest absolute Gasteiger partial charge is 0.272 e. The molecule has 45 heavy (non-hydrogen) atoms. The lowest BCUT2D eigenvalue weighted by molar-refractivity contribution is -0.115. The molecule has 7 nitrogen and oxygen atoms in total. The number of rotatable bonds is 10. The number of amides is 3. The van der Waals surface area contributed by atoms with E-state index in [-0.39, 0.29) is 11.6 Å². The summed E-state index contributed by atoms with van der Waals surface area (Å²) in [6.07, 6.45) is 1.57. The maximum atomic E-state index is 13.4. The molecule has 0 bridgehead atoms. The van der Waals surface area contributed by atoms with Crippen LogP contribution in [0.3, 0.4) is 0 Å². The maximum absolute atomic E-state index is 13.4. The van der Waals surface area contributed by atoms with E-state index in [4.69, 9.17) is 11.6 Å². The first kappa shape index (κ1) is 31.7. The minimum absolute atomic E-state index is 0.0466. The van der Waals surface area contributed by atoms with Crippen LogP contribution in [0.4, 0.5) is 10.8 Å². The van der Waals surface area contributed by atoms with Crippen molar-refractivity contribution in [2.24, 2.45) is 0 Å². The van der Waals surface area contributed by atoms with E-state index in [1.54, 1.807) is 72.8 Å². The van der Waals surface area contributed by atoms with E-state index in [2.05, 4.69) is 20.9 Å². The molecular formula is C35H29ClN4O3S2. The van der Waals surface area contributed by atoms with Crippen molar-refractivity contribution in [2.45, 2.75) is 24.0 Å². The lowest BCUT2D eigenvalue weighted by Crippen LogP contribution is -2.30. The van der Waals surface area contributed by atoms with Crippen LogP contribution in [0, 0.1) is 6.92 Å². The van der Waals surface area contributed by atoms with Crippen molar-refractivity contribution in [1.82, 2.24) is 10.3 Å². The summed E-state index contributed by atoms with van der Waals surface area (Å²) in [5.74, 6) is -1.12. The van der Waals surface area contributed by atoms with Crippen LogP contribution in [0.15, 0.2) is 119 Å². The highest BCUT2D eigenvalue weighted by Crippen LogP contribution is 2.29. The molecular weight excluding hydrogens is 624 g/mol. The topological polar surface area (TPSA) is 100 Å². The average molecular weight is 653 g/mol. The summed E-state index contributed by atoms with van der Waals surface area (Å²) in [4.78, 5) is 44.7. The average Bonchev–Trinajstić information content (AvgIpc) is 3.50. The van der Waals surface area contributed by atoms with E-state index in [0.717, 1.165) is 16.2 Å². The van der Waals surface area contributed by atoms with Gasteiger partial charge in [0.1, 0.15) is 5.70 Å². The molecule has 5 aromatic rings. The largest absolute Gasteiger partial charge is 0.321 e. The lowest BCUT2D eigenvalue weighted by atomic mass is 10.1. The highest BCUT2D eigenvalue weighted by Gasteiger charge is 2.18. The molecule has 0 aliphatic heterocycles. The van der Waals surface area contributed by atoms with Gasteiger partial charge < -0.3 is 16.0 Å². The summed E-state index contributed by atoms with van der Waals surface area (Å²) >= 11 is 8.87. The Hall–Kier alpha value is -4.70. The first-order valence-corrected chi connectivity index (χ1v) is 16.1. The number of aromatic nitrogens is 1. The molecule has 1 atom stereocenters. The summed E-state index contributed by atoms with van der Waals surface area (Å²) in [5, 5.41) is 11.0. The van der Waals surface area contributed by atoms with Gasteiger partial charge in [-0.2, -0.15) is 0 Å². The summed E-state index contributed by atoms with van der Waals surface area (Å²) in [6, 6.07) is 30.9. The fourth-order valence-electron chi connectivity index (χ4n) is 4.20. The Bertz CT molecular complexity index is 1860. The number of halogens is 1. The number of hydrogen-bond donors (Lipinski definition) is 3. The van der Waals surface area contributed by atoms with Crippen molar-refractivity contribution in [1.29, 1.82) is 0 Å². The SMILES string of the molecule is Cc1ccc(-c2csc(NC(=O)C(C)Sc3cccc(NC(=O)/C(=C/c4cccc(Cl)c4)NC(=O)c4ccccc4)c3)n2)cc1. The molecule has 0 aliphatic rings. The van der Waals surface area contributed by atoms with Crippen molar-refractivity contribution in [3.05, 3.63) is 136 Å². The summed E-state index contributed by atoms with van der Waals surface area (Å²) < 4.78 is 0. The first-order chi connectivity index (χ1) is 21.7. The number of nitrogens with one attached hydrogen (secondary N) is 3. The number of carbonyl (C=O) groups excluding carboxylic acids is 3. The second-order valence-electron chi connectivity index (χ2n) is 10.1. The van der Waals surface area contributed by atoms with E-state index in [1.807, 2.05) is 55.6 Å². The Morgan fingerprint density at radius 1 is 0.889 bits per heavy atom. The normalized spacial score (nSPS) is 11.8. The van der Waals surface area contributed by atoms with Gasteiger partial charge in [0.2, 0.25) is 5.91 Å². The van der Waals surface area contributed by atoms with Gasteiger partial charge in [-0.15, -0.1) is 23.1 Å². The minimum atomic E-state index is -0.514. The second-order valence-corrected chi connectivity index (χ2v) is 12.8. The van der Waals surface area contributed by atoms with Gasteiger partial charge in [-0.3, -0.25) is 14.4 Å². The number of anilines is 2. The summed E-state index contributed by atoms with van der Waals surface area (Å²) in [5.41, 5.74) is 4.58. The molecule has 4 aromatic carbocycles. The van der Waals surface area contributed by atoms with E-state index in [1.165, 1.54) is 28.7 Å². The van der Waals surface area contributed by atoms with Gasteiger partial charge >= 0.3 is 0 Å². The molecule has 0 saturated heterocycles. The van der Waals surface area contributed by atoms with Crippen molar-refractivity contribution in [3.63, 3.8) is 0 Å². The minimum Gasteiger partial charge on any atom is -0.321 e. The van der Waals surface area contributed by atoms with E-state index < -0.39 is 17.1 Å². The monoisotopic (exact) mass is 652 g/mol. The Morgan fingerprint density at radius 2 is 1.64 bits per heavy atom. The van der Waals surface area contributed by atoms with Crippen molar-refractivity contribution in [3.8, 4) is 11.3 Å². The molecule has 1 aromatic heterocycles. The number of nitrogens with zero attached hydrogens (tertiary/aromatic N) is 1. The highest BCUT2D eigenvalue weighted by atomic mass is 35.5. The Balaban J connectivity index is 1.25. The predicted molar refractivity (Wildman–Crippen MR) is 185 cm³/mol. The highest BCUT2D eigenvalue weighted by molar-refractivity contribution is 8.00. The number of thioether (sulfide) groups is 1. The molecule has 0 radical (unpaired) electrons. The number of carbonyl (C=O) groups is 3. The standard InChI is InChI=1S/C35H29ClN4O3S2/c1-22-14-16-25(17-15-22)31-21-44-35(39-31)40-32(41)23(2)45-29-13-7-12-28(20-29)37-34(43)30(19-24-8-6-11-27(36)18-24)38-33(42)26-9-4-3-5-10-26/h3-21,23H,1-2H3,(H,37,43)(H,38,42)(H,39,40,41)/b30-19-. The fraction of sp³-hybridized carbons (Fsp3) is 0.0857. The summed E-state index contributed by atoms with van der Waals surface area (Å²) in [7, 11) is 0. The Morgan fingerprint density at radius 3 is 2.40 bits per heavy atom. The number of thiazole rings is 1. The first-order valence-electron chi connectivity index (χ1n) is 14.0. The van der Waals surface area contributed by atoms with Gasteiger partial charge in [-0.05, 0) is 68.0 Å². The van der Waals surface area contributed by atoms with E-state index in [0.29, 0.717) is 27.0 Å². The van der Waals surface area contributed by atoms with Crippen LogP contribution in [0.1, 0.15) is 28.4 Å². The maximum Gasteiger partial charge on any atom is 0.272 e. The molecule has 5 rings (SSSR count). The molecule has 0 spiro atoms. The zero-order valence-corrected chi connectivity index (χ0v) is 26.8. The molecule has 0 aliphatic carbocycles. The van der Waals surface area contributed by atoms with Gasteiger partial charge in [0, 0.05) is 32.1 Å². The fourth-order valence-corrected chi connectivity index (χ4v) is 6.05. The molecule has 226 valence electrons. The van der Waals surface area contributed by atoms with Crippen LogP contribution in [0.5, 0.6) is 0 Å². The number of hydrogen-bond acceptors (Lipinski definition) is 6. The Kier molecular flexibility index (Phi) is 10.5. The van der Waals surface area contributed by atoms with Crippen molar-refractivity contribution < 1.29 is 14.4 Å². The lowest BCUT2D eigenvalue weighted by Gasteiger charge is -2.14. The molecule has 10 heteroatoms. The molecule has 0 fully saturated rings. The molecule has 3 amide bonds. The third-order valence-electron chi connectivity index (χ3n) is 6.54. The quantitative estimate of drug-likeness (QED) is 0.104. The van der Waals surface area contributed by atoms with Gasteiger partial charge in [0.15, 0.2) is 5.13 Å². The van der Waals surface area contributed by atoms with Crippen LogP contribution < -0.4 is 16.0 Å². The van der Waals surface area contributed by atoms with E-state index in [9.17, 15) is 14.4 Å². The predicted octanol–water partition coefficient (Wildman–Crippen LogP) is 8.30. The summed E-state index contributed by atoms with van der Waals surface area (Å²) in [6.45, 7) is 3.84. The molecule has 1 unspecified atom stereocenters. The molecule has 1 heterocycles.